The van der Waals surface area contributed by atoms with Crippen molar-refractivity contribution < 1.29 is 9.84 Å². The normalized spacial score (nSPS) is 28.2. The minimum absolute atomic E-state index is 0.214. The second kappa shape index (κ2) is 4.27. The van der Waals surface area contributed by atoms with E-state index in [1.165, 1.54) is 10.8 Å². The summed E-state index contributed by atoms with van der Waals surface area (Å²) in [7, 11) is 0. The highest BCUT2D eigenvalue weighted by Crippen LogP contribution is 2.26. The van der Waals surface area contributed by atoms with E-state index >= 15 is 0 Å². The van der Waals surface area contributed by atoms with Crippen LogP contribution in [0.25, 0.3) is 0 Å². The van der Waals surface area contributed by atoms with Crippen LogP contribution in [0.1, 0.15) is 18.2 Å². The van der Waals surface area contributed by atoms with E-state index in [-0.39, 0.29) is 6.42 Å². The van der Waals surface area contributed by atoms with Crippen LogP contribution in [-0.2, 0) is 4.74 Å². The van der Waals surface area contributed by atoms with Gasteiger partial charge in [0.25, 0.3) is 5.56 Å². The number of hydrogen-bond donors (Lipinski definition) is 3. The van der Waals surface area contributed by atoms with E-state index in [2.05, 4.69) is 4.98 Å². The van der Waals surface area contributed by atoms with Crippen LogP contribution >= 0.6 is 0 Å². The van der Waals surface area contributed by atoms with E-state index in [0.717, 1.165) is 6.21 Å². The van der Waals surface area contributed by atoms with Gasteiger partial charge in [-0.1, -0.05) is 0 Å². The van der Waals surface area contributed by atoms with E-state index in [1.54, 1.807) is 6.92 Å². The lowest BCUT2D eigenvalue weighted by Gasteiger charge is -2.13. The van der Waals surface area contributed by atoms with Gasteiger partial charge in [0, 0.05) is 24.4 Å². The lowest BCUT2D eigenvalue weighted by Crippen LogP contribution is -2.33. The van der Waals surface area contributed by atoms with Gasteiger partial charge in [0.05, 0.1) is 6.10 Å². The Bertz CT molecular complexity index is 547. The summed E-state index contributed by atoms with van der Waals surface area (Å²) in [5.41, 5.74) is -0.627. The average molecular weight is 239 g/mol. The van der Waals surface area contributed by atoms with E-state index in [1.807, 2.05) is 0 Å². The number of ether oxygens (including phenoxy) is 1. The van der Waals surface area contributed by atoms with Crippen molar-refractivity contribution in [3.8, 4) is 0 Å². The molecule has 1 aliphatic heterocycles. The first-order chi connectivity index (χ1) is 8.02. The molecule has 0 saturated carbocycles. The highest BCUT2D eigenvalue weighted by molar-refractivity contribution is 5.60. The van der Waals surface area contributed by atoms with Crippen LogP contribution in [0, 0.1) is 12.3 Å². The van der Waals surface area contributed by atoms with Crippen LogP contribution in [0.3, 0.4) is 0 Å². The molecule has 1 aliphatic rings. The van der Waals surface area contributed by atoms with Crippen molar-refractivity contribution >= 4 is 6.21 Å². The van der Waals surface area contributed by atoms with E-state index < -0.39 is 29.7 Å². The van der Waals surface area contributed by atoms with Gasteiger partial charge in [0.2, 0.25) is 0 Å². The third kappa shape index (κ3) is 2.06. The average Bonchev–Trinajstić information content (AvgIpc) is 2.65. The first-order valence-electron chi connectivity index (χ1n) is 5.19. The largest absolute Gasteiger partial charge is 0.390 e. The number of nitrogens with zero attached hydrogens (tertiary/aromatic N) is 1. The standard InChI is InChI=1S/C10H13N3O4/c1-5-4-13(10(16)12-9(5)15)8-2-6(14)7(3-11)17-8/h3-4,6-8,11,14H,2H2,1H3,(H,12,15,16)/t6-,7+,8+/m0/s1. The summed E-state index contributed by atoms with van der Waals surface area (Å²) in [5, 5.41) is 16.6. The summed E-state index contributed by atoms with van der Waals surface area (Å²) in [6.07, 6.45) is 0.431. The maximum Gasteiger partial charge on any atom is 0.330 e. The van der Waals surface area contributed by atoms with Crippen molar-refractivity contribution in [2.75, 3.05) is 0 Å². The van der Waals surface area contributed by atoms with Crippen LogP contribution in [0.2, 0.25) is 0 Å². The predicted molar refractivity (Wildman–Crippen MR) is 59.4 cm³/mol. The third-order valence-electron chi connectivity index (χ3n) is 2.76. The number of H-pyrrole nitrogens is 1. The smallest absolute Gasteiger partial charge is 0.330 e. The van der Waals surface area contributed by atoms with Crippen molar-refractivity contribution in [2.24, 2.45) is 0 Å². The molecule has 1 aromatic rings. The van der Waals surface area contributed by atoms with E-state index in [0.29, 0.717) is 5.56 Å². The van der Waals surface area contributed by atoms with Crippen LogP contribution < -0.4 is 11.2 Å². The van der Waals surface area contributed by atoms with Crippen LogP contribution in [0.5, 0.6) is 0 Å². The molecule has 0 aliphatic carbocycles. The van der Waals surface area contributed by atoms with Gasteiger partial charge in [0.15, 0.2) is 0 Å². The summed E-state index contributed by atoms with van der Waals surface area (Å²) < 4.78 is 6.56. The Balaban J connectivity index is 2.37. The first-order valence-corrected chi connectivity index (χ1v) is 5.19. The molecule has 3 N–H and O–H groups in total. The quantitative estimate of drug-likeness (QED) is 0.584. The number of aryl methyl sites for hydroxylation is 1. The van der Waals surface area contributed by atoms with E-state index in [9.17, 15) is 14.7 Å². The Morgan fingerprint density at radius 2 is 2.35 bits per heavy atom. The Hall–Kier alpha value is -1.73. The first kappa shape index (κ1) is 11.7. The fraction of sp³-hybridized carbons (Fsp3) is 0.500. The summed E-state index contributed by atoms with van der Waals surface area (Å²) >= 11 is 0. The molecule has 17 heavy (non-hydrogen) atoms. The number of rotatable bonds is 2. The SMILES string of the molecule is Cc1cn([C@H]2C[C@H](O)[C@@H](C=N)O2)c(=O)[nH]c1=O. The maximum absolute atomic E-state index is 11.6. The molecule has 0 amide bonds. The number of aliphatic hydroxyl groups excluding tert-OH is 1. The summed E-state index contributed by atoms with van der Waals surface area (Å²) in [6, 6.07) is 0. The molecule has 1 fully saturated rings. The van der Waals surface area contributed by atoms with Crippen LogP contribution in [0.15, 0.2) is 15.8 Å². The van der Waals surface area contributed by atoms with Gasteiger partial charge >= 0.3 is 5.69 Å². The van der Waals surface area contributed by atoms with Crippen LogP contribution in [0.4, 0.5) is 0 Å². The number of aliphatic hydroxyl groups is 1. The molecule has 0 bridgehead atoms. The summed E-state index contributed by atoms with van der Waals surface area (Å²) in [6.45, 7) is 1.58. The second-order valence-corrected chi connectivity index (χ2v) is 4.00. The minimum atomic E-state index is -0.809. The topological polar surface area (TPSA) is 108 Å². The molecule has 7 nitrogen and oxygen atoms in total. The van der Waals surface area contributed by atoms with Gasteiger partial charge in [-0.3, -0.25) is 14.3 Å². The number of aromatic nitrogens is 2. The van der Waals surface area contributed by atoms with Gasteiger partial charge in [-0.2, -0.15) is 0 Å². The summed E-state index contributed by atoms with van der Waals surface area (Å²) in [5.74, 6) is 0. The third-order valence-corrected chi connectivity index (χ3v) is 2.76. The fourth-order valence-electron chi connectivity index (χ4n) is 1.80. The molecule has 2 rings (SSSR count). The lowest BCUT2D eigenvalue weighted by molar-refractivity contribution is 0.0166. The number of aromatic amines is 1. The van der Waals surface area contributed by atoms with Crippen molar-refractivity contribution in [1.82, 2.24) is 9.55 Å². The van der Waals surface area contributed by atoms with Gasteiger partial charge in [-0.15, -0.1) is 0 Å². The molecule has 92 valence electrons. The van der Waals surface area contributed by atoms with Crippen molar-refractivity contribution in [3.63, 3.8) is 0 Å². The summed E-state index contributed by atoms with van der Waals surface area (Å²) in [4.78, 5) is 24.9. The van der Waals surface area contributed by atoms with Crippen molar-refractivity contribution in [2.45, 2.75) is 31.8 Å². The Kier molecular flexibility index (Phi) is 2.95. The molecule has 0 spiro atoms. The molecule has 7 heteroatoms. The zero-order chi connectivity index (χ0) is 12.6. The highest BCUT2D eigenvalue weighted by atomic mass is 16.5. The van der Waals surface area contributed by atoms with Gasteiger partial charge < -0.3 is 15.3 Å². The molecular formula is C10H13N3O4. The van der Waals surface area contributed by atoms with E-state index in [4.69, 9.17) is 10.1 Å². The van der Waals surface area contributed by atoms with Gasteiger partial charge in [0.1, 0.15) is 12.3 Å². The van der Waals surface area contributed by atoms with Gasteiger partial charge in [-0.05, 0) is 6.92 Å². The van der Waals surface area contributed by atoms with Crippen molar-refractivity contribution in [1.29, 1.82) is 5.41 Å². The Morgan fingerprint density at radius 1 is 1.65 bits per heavy atom. The Labute approximate surface area is 96.2 Å². The molecule has 3 atom stereocenters. The Morgan fingerprint density at radius 3 is 2.94 bits per heavy atom. The number of hydrogen-bond acceptors (Lipinski definition) is 5. The maximum atomic E-state index is 11.6. The molecule has 0 aromatic carbocycles. The monoisotopic (exact) mass is 239 g/mol. The zero-order valence-corrected chi connectivity index (χ0v) is 9.21. The molecule has 1 aromatic heterocycles. The highest BCUT2D eigenvalue weighted by Gasteiger charge is 2.34. The lowest BCUT2D eigenvalue weighted by atomic mass is 10.2. The number of nitrogens with one attached hydrogen (secondary N) is 2. The fourth-order valence-corrected chi connectivity index (χ4v) is 1.80. The van der Waals surface area contributed by atoms with Crippen molar-refractivity contribution in [3.05, 3.63) is 32.6 Å². The predicted octanol–water partition coefficient (Wildman–Crippen LogP) is -0.857. The molecule has 2 heterocycles. The molecular weight excluding hydrogens is 226 g/mol. The molecule has 0 unspecified atom stereocenters. The van der Waals surface area contributed by atoms with Crippen LogP contribution in [-0.4, -0.2) is 33.1 Å². The molecule has 0 radical (unpaired) electrons. The second-order valence-electron chi connectivity index (χ2n) is 4.00. The van der Waals surface area contributed by atoms with Gasteiger partial charge in [-0.25, -0.2) is 4.79 Å². The zero-order valence-electron chi connectivity index (χ0n) is 9.21. The molecule has 1 saturated heterocycles. The minimum Gasteiger partial charge on any atom is -0.390 e.